The molecule has 0 fully saturated rings. The van der Waals surface area contributed by atoms with Gasteiger partial charge in [-0.15, -0.1) is 11.3 Å². The number of halogens is 2. The third-order valence-electron chi connectivity index (χ3n) is 3.90. The number of benzene rings is 2. The molecule has 0 radical (unpaired) electrons. The van der Waals surface area contributed by atoms with Gasteiger partial charge in [-0.2, -0.15) is 8.78 Å². The van der Waals surface area contributed by atoms with Crippen LogP contribution in [0.2, 0.25) is 0 Å². The number of hydrogen-bond acceptors (Lipinski definition) is 7. The van der Waals surface area contributed by atoms with Gasteiger partial charge in [0.1, 0.15) is 11.4 Å². The van der Waals surface area contributed by atoms with Crippen LogP contribution in [-0.2, 0) is 4.79 Å². The summed E-state index contributed by atoms with van der Waals surface area (Å²) in [5, 5.41) is 18.4. The Bertz CT molecular complexity index is 1040. The van der Waals surface area contributed by atoms with Gasteiger partial charge in [-0.3, -0.25) is 14.9 Å². The van der Waals surface area contributed by atoms with Crippen molar-refractivity contribution in [2.45, 2.75) is 13.0 Å². The van der Waals surface area contributed by atoms with E-state index in [-0.39, 0.29) is 30.3 Å². The van der Waals surface area contributed by atoms with Gasteiger partial charge in [0.25, 0.3) is 5.69 Å². The number of amides is 1. The normalized spacial score (nSPS) is 10.6. The van der Waals surface area contributed by atoms with Crippen molar-refractivity contribution in [3.63, 3.8) is 0 Å². The highest BCUT2D eigenvalue weighted by Crippen LogP contribution is 2.33. The van der Waals surface area contributed by atoms with Crippen molar-refractivity contribution in [3.8, 4) is 17.0 Å². The molecule has 3 aromatic rings. The van der Waals surface area contributed by atoms with Gasteiger partial charge in [0.05, 0.1) is 10.6 Å². The molecule has 3 rings (SSSR count). The number of alkyl halides is 2. The van der Waals surface area contributed by atoms with E-state index in [9.17, 15) is 23.7 Å². The van der Waals surface area contributed by atoms with Gasteiger partial charge in [0.15, 0.2) is 5.13 Å². The van der Waals surface area contributed by atoms with Crippen LogP contribution in [0.15, 0.2) is 53.9 Å². The molecule has 0 bridgehead atoms. The fourth-order valence-corrected chi connectivity index (χ4v) is 3.33. The first-order chi connectivity index (χ1) is 14.4. The van der Waals surface area contributed by atoms with Gasteiger partial charge in [0, 0.05) is 30.0 Å². The number of ether oxygens (including phenoxy) is 1. The molecule has 0 unspecified atom stereocenters. The number of nitro groups is 1. The van der Waals surface area contributed by atoms with E-state index in [1.54, 1.807) is 41.8 Å². The van der Waals surface area contributed by atoms with Gasteiger partial charge in [-0.25, -0.2) is 4.98 Å². The molecule has 0 aliphatic heterocycles. The maximum absolute atomic E-state index is 12.6. The highest BCUT2D eigenvalue weighted by Gasteiger charge is 2.15. The summed E-state index contributed by atoms with van der Waals surface area (Å²) in [6.07, 6.45) is 0.0477. The Balaban J connectivity index is 1.58. The molecule has 1 amide bonds. The Labute approximate surface area is 173 Å². The molecular formula is C19H16F2N4O4S. The number of carbonyl (C=O) groups excluding carboxylic acids is 1. The Kier molecular flexibility index (Phi) is 6.86. The quantitative estimate of drug-likeness (QED) is 0.371. The van der Waals surface area contributed by atoms with E-state index < -0.39 is 11.5 Å². The number of nitro benzene ring substituents is 1. The van der Waals surface area contributed by atoms with Crippen LogP contribution in [0.25, 0.3) is 11.3 Å². The monoisotopic (exact) mass is 434 g/mol. The van der Waals surface area contributed by atoms with E-state index >= 15 is 0 Å². The van der Waals surface area contributed by atoms with Gasteiger partial charge >= 0.3 is 6.61 Å². The van der Waals surface area contributed by atoms with E-state index in [0.717, 1.165) is 11.3 Å². The predicted octanol–water partition coefficient (Wildman–Crippen LogP) is 4.76. The number of hydrogen-bond donors (Lipinski definition) is 2. The second kappa shape index (κ2) is 9.74. The fourth-order valence-electron chi connectivity index (χ4n) is 2.61. The predicted molar refractivity (Wildman–Crippen MR) is 109 cm³/mol. The lowest BCUT2D eigenvalue weighted by atomic mass is 10.1. The molecule has 30 heavy (non-hydrogen) atoms. The minimum absolute atomic E-state index is 0.00988. The van der Waals surface area contributed by atoms with Crippen LogP contribution in [-0.4, -0.2) is 29.0 Å². The van der Waals surface area contributed by atoms with Crippen molar-refractivity contribution in [2.24, 2.45) is 0 Å². The third-order valence-corrected chi connectivity index (χ3v) is 4.66. The zero-order chi connectivity index (χ0) is 21.5. The molecule has 2 N–H and O–H groups in total. The molecule has 0 atom stereocenters. The van der Waals surface area contributed by atoms with Crippen molar-refractivity contribution < 1.29 is 23.2 Å². The first-order valence-electron chi connectivity index (χ1n) is 8.71. The molecule has 156 valence electrons. The molecule has 0 aliphatic carbocycles. The molecule has 8 nitrogen and oxygen atoms in total. The molecule has 1 aromatic heterocycles. The van der Waals surface area contributed by atoms with E-state index in [2.05, 4.69) is 20.4 Å². The summed E-state index contributed by atoms with van der Waals surface area (Å²) in [5.41, 5.74) is 1.02. The second-order valence-corrected chi connectivity index (χ2v) is 6.77. The van der Waals surface area contributed by atoms with Gasteiger partial charge in [0.2, 0.25) is 5.91 Å². The molecule has 0 saturated heterocycles. The summed E-state index contributed by atoms with van der Waals surface area (Å²) in [7, 11) is 0. The average Bonchev–Trinajstić information content (AvgIpc) is 3.16. The number of thiazole rings is 1. The number of rotatable bonds is 9. The third kappa shape index (κ3) is 5.47. The number of carbonyl (C=O) groups is 1. The topological polar surface area (TPSA) is 106 Å². The van der Waals surface area contributed by atoms with E-state index in [4.69, 9.17) is 0 Å². The Morgan fingerprint density at radius 2 is 1.93 bits per heavy atom. The maximum Gasteiger partial charge on any atom is 0.387 e. The van der Waals surface area contributed by atoms with Gasteiger partial charge in [-0.1, -0.05) is 24.3 Å². The Morgan fingerprint density at radius 3 is 2.70 bits per heavy atom. The first-order valence-corrected chi connectivity index (χ1v) is 9.59. The van der Waals surface area contributed by atoms with E-state index in [1.165, 1.54) is 12.1 Å². The summed E-state index contributed by atoms with van der Waals surface area (Å²) >= 11 is 1.14. The van der Waals surface area contributed by atoms with Crippen molar-refractivity contribution in [1.29, 1.82) is 0 Å². The molecule has 0 aliphatic rings. The van der Waals surface area contributed by atoms with Crippen molar-refractivity contribution in [1.82, 2.24) is 4.98 Å². The minimum atomic E-state index is -2.96. The number of aromatic nitrogens is 1. The highest BCUT2D eigenvalue weighted by atomic mass is 32.1. The van der Waals surface area contributed by atoms with Gasteiger partial charge in [-0.05, 0) is 18.2 Å². The van der Waals surface area contributed by atoms with Crippen LogP contribution in [0.3, 0.4) is 0 Å². The Hall–Kier alpha value is -3.60. The molecular weight excluding hydrogens is 418 g/mol. The molecule has 11 heteroatoms. The largest absolute Gasteiger partial charge is 0.434 e. The lowest BCUT2D eigenvalue weighted by molar-refractivity contribution is -0.384. The van der Waals surface area contributed by atoms with Crippen LogP contribution in [0.1, 0.15) is 6.42 Å². The molecule has 1 heterocycles. The summed E-state index contributed by atoms with van der Waals surface area (Å²) in [6.45, 7) is -2.78. The number of nitrogens with zero attached hydrogens (tertiary/aromatic N) is 2. The van der Waals surface area contributed by atoms with Crippen LogP contribution in [0, 0.1) is 10.1 Å². The average molecular weight is 434 g/mol. The van der Waals surface area contributed by atoms with Crippen LogP contribution in [0.5, 0.6) is 5.75 Å². The van der Waals surface area contributed by atoms with Crippen molar-refractivity contribution in [2.75, 3.05) is 17.2 Å². The Morgan fingerprint density at radius 1 is 1.20 bits per heavy atom. The smallest absolute Gasteiger partial charge is 0.387 e. The maximum atomic E-state index is 12.6. The number of para-hydroxylation sites is 3. The second-order valence-electron chi connectivity index (χ2n) is 5.91. The van der Waals surface area contributed by atoms with Crippen molar-refractivity contribution in [3.05, 3.63) is 64.0 Å². The standard InChI is InChI=1S/C19H16F2N4O4S/c20-18(21)29-16-8-4-1-5-12(16)14-11-30-19(23-14)24-17(26)9-10-22-13-6-2-3-7-15(13)25(27)28/h1-8,11,18,22H,9-10H2,(H,23,24,26). The molecule has 0 spiro atoms. The van der Waals surface area contributed by atoms with Gasteiger partial charge < -0.3 is 15.4 Å². The van der Waals surface area contributed by atoms with Crippen molar-refractivity contribution >= 4 is 33.8 Å². The van der Waals surface area contributed by atoms with Crippen LogP contribution >= 0.6 is 11.3 Å². The van der Waals surface area contributed by atoms with Crippen LogP contribution in [0.4, 0.5) is 25.3 Å². The minimum Gasteiger partial charge on any atom is -0.434 e. The zero-order valence-electron chi connectivity index (χ0n) is 15.4. The summed E-state index contributed by atoms with van der Waals surface area (Å²) in [6, 6.07) is 12.4. The molecule has 0 saturated carbocycles. The summed E-state index contributed by atoms with van der Waals surface area (Å²) in [4.78, 5) is 26.9. The SMILES string of the molecule is O=C(CCNc1ccccc1[N+](=O)[O-])Nc1nc(-c2ccccc2OC(F)F)cs1. The number of anilines is 2. The molecule has 2 aromatic carbocycles. The summed E-state index contributed by atoms with van der Waals surface area (Å²) < 4.78 is 29.6. The highest BCUT2D eigenvalue weighted by molar-refractivity contribution is 7.14. The number of nitrogens with one attached hydrogen (secondary N) is 2. The lowest BCUT2D eigenvalue weighted by Gasteiger charge is -2.08. The fraction of sp³-hybridized carbons (Fsp3) is 0.158. The summed E-state index contributed by atoms with van der Waals surface area (Å²) in [5.74, 6) is -0.358. The van der Waals surface area contributed by atoms with E-state index in [1.807, 2.05) is 0 Å². The lowest BCUT2D eigenvalue weighted by Crippen LogP contribution is -2.16. The van der Waals surface area contributed by atoms with E-state index in [0.29, 0.717) is 22.1 Å². The first kappa shape index (κ1) is 21.1. The van der Waals surface area contributed by atoms with Crippen LogP contribution < -0.4 is 15.4 Å². The zero-order valence-corrected chi connectivity index (χ0v) is 16.2.